The summed E-state index contributed by atoms with van der Waals surface area (Å²) in [4.78, 5) is 27.2. The number of aryl methyl sites for hydroxylation is 1. The van der Waals surface area contributed by atoms with E-state index in [1.165, 1.54) is 5.56 Å². The van der Waals surface area contributed by atoms with E-state index >= 15 is 0 Å². The van der Waals surface area contributed by atoms with Gasteiger partial charge in [-0.1, -0.05) is 45.8 Å². The van der Waals surface area contributed by atoms with Gasteiger partial charge in [0.2, 0.25) is 0 Å². The first-order valence-corrected chi connectivity index (χ1v) is 10.1. The molecule has 6 heteroatoms. The molecule has 1 aromatic heterocycles. The average molecular weight is 430 g/mol. The van der Waals surface area contributed by atoms with Gasteiger partial charge in [-0.15, -0.1) is 11.8 Å². The molecule has 0 saturated carbocycles. The molecule has 1 fully saturated rings. The number of benzene rings is 2. The number of nitrogens with zero attached hydrogens (tertiary/aromatic N) is 1. The van der Waals surface area contributed by atoms with Crippen LogP contribution in [0.25, 0.3) is 11.0 Å². The number of hydrogen-bond acceptors (Lipinski definition) is 4. The summed E-state index contributed by atoms with van der Waals surface area (Å²) in [6, 6.07) is 15.1. The van der Waals surface area contributed by atoms with Gasteiger partial charge in [0.15, 0.2) is 0 Å². The summed E-state index contributed by atoms with van der Waals surface area (Å²) >= 11 is 5.12. The Morgan fingerprint density at radius 2 is 1.96 bits per heavy atom. The number of hydrogen-bond donors (Lipinski definition) is 0. The molecule has 26 heavy (non-hydrogen) atoms. The van der Waals surface area contributed by atoms with Gasteiger partial charge in [0, 0.05) is 22.2 Å². The first-order valence-electron chi connectivity index (χ1n) is 8.25. The molecule has 132 valence electrons. The quantitative estimate of drug-likeness (QED) is 0.551. The van der Waals surface area contributed by atoms with E-state index in [2.05, 4.69) is 15.9 Å². The Bertz CT molecular complexity index is 1050. The van der Waals surface area contributed by atoms with Crippen molar-refractivity contribution >= 4 is 44.6 Å². The fourth-order valence-electron chi connectivity index (χ4n) is 3.08. The average Bonchev–Trinajstić information content (AvgIpc) is 3.11. The van der Waals surface area contributed by atoms with Crippen LogP contribution in [0.4, 0.5) is 0 Å². The highest BCUT2D eigenvalue weighted by atomic mass is 79.9. The summed E-state index contributed by atoms with van der Waals surface area (Å²) in [7, 11) is 0. The fraction of sp³-hybridized carbons (Fsp3) is 0.200. The molecule has 0 unspecified atom stereocenters. The molecule has 1 atom stereocenters. The third-order valence-corrected chi connectivity index (χ3v) is 6.19. The molecule has 1 amide bonds. The summed E-state index contributed by atoms with van der Waals surface area (Å²) in [5.41, 5.74) is 2.20. The summed E-state index contributed by atoms with van der Waals surface area (Å²) in [6.45, 7) is 2.64. The number of halogens is 1. The van der Waals surface area contributed by atoms with Crippen LogP contribution in [-0.4, -0.2) is 23.1 Å². The van der Waals surface area contributed by atoms with Crippen molar-refractivity contribution in [3.8, 4) is 0 Å². The van der Waals surface area contributed by atoms with Crippen molar-refractivity contribution in [1.29, 1.82) is 0 Å². The zero-order valence-electron chi connectivity index (χ0n) is 14.1. The minimum absolute atomic E-state index is 0.0789. The van der Waals surface area contributed by atoms with Crippen molar-refractivity contribution < 1.29 is 9.21 Å². The van der Waals surface area contributed by atoms with Gasteiger partial charge in [0.25, 0.3) is 5.91 Å². The molecule has 1 aliphatic heterocycles. The maximum Gasteiger partial charge on any atom is 0.349 e. The third kappa shape index (κ3) is 3.19. The zero-order chi connectivity index (χ0) is 18.3. The van der Waals surface area contributed by atoms with Crippen LogP contribution in [0.3, 0.4) is 0 Å². The highest BCUT2D eigenvalue weighted by Crippen LogP contribution is 2.38. The maximum atomic E-state index is 13.1. The Morgan fingerprint density at radius 3 is 2.73 bits per heavy atom. The van der Waals surface area contributed by atoms with Crippen LogP contribution in [0.2, 0.25) is 0 Å². The first-order chi connectivity index (χ1) is 12.5. The zero-order valence-corrected chi connectivity index (χ0v) is 16.5. The van der Waals surface area contributed by atoms with Crippen LogP contribution in [0.15, 0.2) is 62.2 Å². The van der Waals surface area contributed by atoms with E-state index in [1.807, 2.05) is 37.3 Å². The van der Waals surface area contributed by atoms with Crippen molar-refractivity contribution in [2.75, 3.05) is 12.3 Å². The van der Waals surface area contributed by atoms with Gasteiger partial charge in [-0.3, -0.25) is 4.79 Å². The van der Waals surface area contributed by atoms with Crippen molar-refractivity contribution in [1.82, 2.24) is 4.90 Å². The number of thioether (sulfide) groups is 1. The van der Waals surface area contributed by atoms with E-state index in [9.17, 15) is 9.59 Å². The predicted molar refractivity (Wildman–Crippen MR) is 108 cm³/mol. The normalized spacial score (nSPS) is 17.0. The largest absolute Gasteiger partial charge is 0.422 e. The topological polar surface area (TPSA) is 50.5 Å². The van der Waals surface area contributed by atoms with E-state index in [0.29, 0.717) is 12.1 Å². The highest BCUT2D eigenvalue weighted by Gasteiger charge is 2.32. The lowest BCUT2D eigenvalue weighted by molar-refractivity contribution is 0.0756. The van der Waals surface area contributed by atoms with Crippen molar-refractivity contribution in [2.45, 2.75) is 12.3 Å². The van der Waals surface area contributed by atoms with E-state index in [1.54, 1.807) is 34.9 Å². The van der Waals surface area contributed by atoms with Gasteiger partial charge in [-0.2, -0.15) is 0 Å². The van der Waals surface area contributed by atoms with Crippen LogP contribution in [0.1, 0.15) is 26.9 Å². The van der Waals surface area contributed by atoms with Gasteiger partial charge >= 0.3 is 5.63 Å². The minimum Gasteiger partial charge on any atom is -0.422 e. The number of carbonyl (C=O) groups excluding carboxylic acids is 1. The molecule has 3 aromatic rings. The van der Waals surface area contributed by atoms with Gasteiger partial charge < -0.3 is 9.32 Å². The van der Waals surface area contributed by atoms with Crippen LogP contribution in [0.5, 0.6) is 0 Å². The molecular weight excluding hydrogens is 414 g/mol. The van der Waals surface area contributed by atoms with Crippen molar-refractivity contribution in [3.63, 3.8) is 0 Å². The third-order valence-electron chi connectivity index (χ3n) is 4.44. The second-order valence-corrected chi connectivity index (χ2v) is 8.37. The Labute approximate surface area is 163 Å². The number of amides is 1. The van der Waals surface area contributed by atoms with Gasteiger partial charge in [0.1, 0.15) is 16.5 Å². The number of fused-ring (bicyclic) bond motifs is 1. The molecule has 4 rings (SSSR count). The molecule has 2 aromatic carbocycles. The molecule has 0 aliphatic carbocycles. The maximum absolute atomic E-state index is 13.1. The lowest BCUT2D eigenvalue weighted by Gasteiger charge is -2.24. The molecule has 0 radical (unpaired) electrons. The molecule has 0 bridgehead atoms. The molecule has 1 aliphatic rings. The number of rotatable bonds is 2. The van der Waals surface area contributed by atoms with Gasteiger partial charge in [-0.25, -0.2) is 4.79 Å². The fourth-order valence-corrected chi connectivity index (χ4v) is 4.72. The van der Waals surface area contributed by atoms with E-state index in [-0.39, 0.29) is 16.8 Å². The Balaban J connectivity index is 1.72. The molecule has 1 saturated heterocycles. The van der Waals surface area contributed by atoms with Crippen LogP contribution in [0, 0.1) is 6.92 Å². The van der Waals surface area contributed by atoms with E-state index in [4.69, 9.17) is 4.42 Å². The smallest absolute Gasteiger partial charge is 0.349 e. The Morgan fingerprint density at radius 1 is 1.19 bits per heavy atom. The summed E-state index contributed by atoms with van der Waals surface area (Å²) in [5, 5.41) is 0.641. The second-order valence-electron chi connectivity index (χ2n) is 6.26. The number of carbonyl (C=O) groups is 1. The van der Waals surface area contributed by atoms with Gasteiger partial charge in [0.05, 0.1) is 0 Å². The van der Waals surface area contributed by atoms with Crippen molar-refractivity contribution in [3.05, 3.63) is 80.1 Å². The SMILES string of the molecule is Cc1ccc([C@H]2SCCN2C(=O)c2cc3cc(Br)ccc3oc2=O)cc1. The molecule has 2 heterocycles. The van der Waals surface area contributed by atoms with Crippen LogP contribution < -0.4 is 5.63 Å². The summed E-state index contributed by atoms with van der Waals surface area (Å²) in [6.07, 6.45) is 0. The lowest BCUT2D eigenvalue weighted by Crippen LogP contribution is -2.33. The molecular formula is C20H16BrNO3S. The Kier molecular flexibility index (Phi) is 4.63. The highest BCUT2D eigenvalue weighted by molar-refractivity contribution is 9.10. The monoisotopic (exact) mass is 429 g/mol. The van der Waals surface area contributed by atoms with Crippen LogP contribution in [-0.2, 0) is 0 Å². The molecule has 4 nitrogen and oxygen atoms in total. The van der Waals surface area contributed by atoms with Crippen LogP contribution >= 0.6 is 27.7 Å². The van der Waals surface area contributed by atoms with Gasteiger partial charge in [-0.05, 0) is 36.8 Å². The second kappa shape index (κ2) is 6.93. The standard InChI is InChI=1S/C20H16BrNO3S/c1-12-2-4-13(5-3-12)19-22(8-9-26-19)18(23)16-11-14-10-15(21)6-7-17(14)25-20(16)24/h2-7,10-11,19H,8-9H2,1H3/t19-/m1/s1. The minimum atomic E-state index is -0.593. The summed E-state index contributed by atoms with van der Waals surface area (Å²) in [5.74, 6) is 0.561. The Hall–Kier alpha value is -2.05. The summed E-state index contributed by atoms with van der Waals surface area (Å²) < 4.78 is 6.22. The molecule has 0 spiro atoms. The first kappa shape index (κ1) is 17.4. The lowest BCUT2D eigenvalue weighted by atomic mass is 10.1. The van der Waals surface area contributed by atoms with Crippen molar-refractivity contribution in [2.24, 2.45) is 0 Å². The molecule has 0 N–H and O–H groups in total. The van der Waals surface area contributed by atoms with E-state index < -0.39 is 5.63 Å². The van der Waals surface area contributed by atoms with E-state index in [0.717, 1.165) is 21.2 Å². The predicted octanol–water partition coefficient (Wildman–Crippen LogP) is 4.75.